The van der Waals surface area contributed by atoms with Crippen molar-refractivity contribution in [3.05, 3.63) is 23.0 Å². The number of hydrogen-bond acceptors (Lipinski definition) is 7. The Kier molecular flexibility index (Phi) is 5.64. The summed E-state index contributed by atoms with van der Waals surface area (Å²) in [6, 6.07) is 0. The third kappa shape index (κ3) is 3.40. The number of nitrogens with zero attached hydrogens (tertiary/aromatic N) is 1. The number of hydrogen-bond donors (Lipinski definition) is 6. The third-order valence-electron chi connectivity index (χ3n) is 3.15. The summed E-state index contributed by atoms with van der Waals surface area (Å²) in [6.07, 6.45) is 1.45. The minimum Gasteiger partial charge on any atom is -0.506 e. The molecule has 108 valence electrons. The fourth-order valence-electron chi connectivity index (χ4n) is 1.61. The molecule has 0 spiro atoms. The number of aromatic hydroxyl groups is 1. The molecule has 6 N–H and O–H groups in total. The van der Waals surface area contributed by atoms with E-state index in [9.17, 15) is 25.5 Å². The molecule has 0 fully saturated rings. The molecule has 0 saturated carbocycles. The summed E-state index contributed by atoms with van der Waals surface area (Å²) in [5.74, 6) is -0.0539. The summed E-state index contributed by atoms with van der Waals surface area (Å²) in [6.45, 7) is 0.0320. The maximum atomic E-state index is 9.92. The van der Waals surface area contributed by atoms with Crippen molar-refractivity contribution in [1.29, 1.82) is 0 Å². The molecule has 0 unspecified atom stereocenters. The molecule has 0 aliphatic carbocycles. The highest BCUT2D eigenvalue weighted by Crippen LogP contribution is 2.24. The number of aromatic nitrogens is 1. The van der Waals surface area contributed by atoms with Crippen LogP contribution in [0.4, 0.5) is 0 Å². The van der Waals surface area contributed by atoms with Crippen LogP contribution in [0.15, 0.2) is 6.20 Å². The van der Waals surface area contributed by atoms with Crippen molar-refractivity contribution in [2.75, 3.05) is 19.8 Å². The van der Waals surface area contributed by atoms with E-state index in [1.54, 1.807) is 6.92 Å². The van der Waals surface area contributed by atoms with Crippen LogP contribution in [0.1, 0.15) is 16.8 Å². The lowest BCUT2D eigenvalue weighted by Crippen LogP contribution is -2.54. The van der Waals surface area contributed by atoms with Gasteiger partial charge in [-0.15, -0.1) is 0 Å². The molecule has 1 aromatic heterocycles. The molecule has 0 amide bonds. The molecule has 7 heteroatoms. The minimum atomic E-state index is -1.24. The Labute approximate surface area is 111 Å². The molecule has 0 aliphatic heterocycles. The summed E-state index contributed by atoms with van der Waals surface area (Å²) >= 11 is 0. The molecular weight excluding hydrogens is 252 g/mol. The number of aliphatic hydroxyl groups excluding tert-OH is 4. The van der Waals surface area contributed by atoms with E-state index in [1.807, 2.05) is 0 Å². The molecule has 1 aromatic rings. The molecule has 0 radical (unpaired) electrons. The SMILES string of the molecule is Cc1ncc(CO)c(CNC(CO)(CO)CO)c1O. The van der Waals surface area contributed by atoms with Gasteiger partial charge in [-0.2, -0.15) is 0 Å². The van der Waals surface area contributed by atoms with Gasteiger partial charge in [-0.1, -0.05) is 0 Å². The quantitative estimate of drug-likeness (QED) is 0.353. The van der Waals surface area contributed by atoms with Gasteiger partial charge in [0.25, 0.3) is 0 Å². The zero-order valence-electron chi connectivity index (χ0n) is 10.8. The van der Waals surface area contributed by atoms with Gasteiger partial charge in [0.05, 0.1) is 37.7 Å². The lowest BCUT2D eigenvalue weighted by molar-refractivity contribution is 0.0411. The van der Waals surface area contributed by atoms with Gasteiger partial charge >= 0.3 is 0 Å². The Bertz CT molecular complexity index is 413. The Morgan fingerprint density at radius 2 is 1.74 bits per heavy atom. The zero-order valence-corrected chi connectivity index (χ0v) is 10.8. The van der Waals surface area contributed by atoms with Crippen LogP contribution >= 0.6 is 0 Å². The Hall–Kier alpha value is -1.25. The van der Waals surface area contributed by atoms with Gasteiger partial charge in [0, 0.05) is 23.9 Å². The second kappa shape index (κ2) is 6.78. The topological polar surface area (TPSA) is 126 Å². The van der Waals surface area contributed by atoms with Crippen LogP contribution in [0.3, 0.4) is 0 Å². The van der Waals surface area contributed by atoms with Gasteiger partial charge in [0.1, 0.15) is 5.75 Å². The van der Waals surface area contributed by atoms with Crippen molar-refractivity contribution in [2.45, 2.75) is 25.6 Å². The highest BCUT2D eigenvalue weighted by atomic mass is 16.3. The Balaban J connectivity index is 2.96. The lowest BCUT2D eigenvalue weighted by atomic mass is 10.0. The molecule has 0 atom stereocenters. The van der Waals surface area contributed by atoms with Gasteiger partial charge in [-0.25, -0.2) is 0 Å². The van der Waals surface area contributed by atoms with Crippen LogP contribution in [0.25, 0.3) is 0 Å². The predicted molar refractivity (Wildman–Crippen MR) is 67.4 cm³/mol. The van der Waals surface area contributed by atoms with E-state index in [-0.39, 0.29) is 18.9 Å². The first-order valence-corrected chi connectivity index (χ1v) is 5.88. The summed E-state index contributed by atoms with van der Waals surface area (Å²) in [5, 5.41) is 49.5. The van der Waals surface area contributed by atoms with E-state index in [1.165, 1.54) is 6.20 Å². The van der Waals surface area contributed by atoms with Crippen LogP contribution in [0.2, 0.25) is 0 Å². The first-order valence-electron chi connectivity index (χ1n) is 5.88. The van der Waals surface area contributed by atoms with Crippen LogP contribution in [-0.4, -0.2) is 55.9 Å². The van der Waals surface area contributed by atoms with Crippen molar-refractivity contribution < 1.29 is 25.5 Å². The zero-order chi connectivity index (χ0) is 14.5. The largest absolute Gasteiger partial charge is 0.506 e. The van der Waals surface area contributed by atoms with E-state index in [2.05, 4.69) is 10.3 Å². The summed E-state index contributed by atoms with van der Waals surface area (Å²) < 4.78 is 0. The smallest absolute Gasteiger partial charge is 0.141 e. The molecule has 0 bridgehead atoms. The summed E-state index contributed by atoms with van der Waals surface area (Å²) in [5.41, 5.74) is 0.0423. The number of aliphatic hydroxyl groups is 4. The van der Waals surface area contributed by atoms with Crippen LogP contribution in [0.5, 0.6) is 5.75 Å². The second-order valence-corrected chi connectivity index (χ2v) is 4.46. The van der Waals surface area contributed by atoms with Crippen LogP contribution in [0, 0.1) is 6.92 Å². The minimum absolute atomic E-state index is 0.0539. The normalized spacial score (nSPS) is 11.8. The average Bonchev–Trinajstić information content (AvgIpc) is 2.45. The summed E-state index contributed by atoms with van der Waals surface area (Å²) in [4.78, 5) is 3.93. The Morgan fingerprint density at radius 3 is 2.21 bits per heavy atom. The molecule has 0 aliphatic rings. The third-order valence-corrected chi connectivity index (χ3v) is 3.15. The highest BCUT2D eigenvalue weighted by molar-refractivity contribution is 5.40. The van der Waals surface area contributed by atoms with Crippen molar-refractivity contribution in [3.8, 4) is 5.75 Å². The molecule has 0 aromatic carbocycles. The first-order chi connectivity index (χ1) is 9.03. The number of nitrogens with one attached hydrogen (secondary N) is 1. The molecular formula is C12H20N2O5. The first kappa shape index (κ1) is 15.8. The maximum Gasteiger partial charge on any atom is 0.141 e. The van der Waals surface area contributed by atoms with Crippen molar-refractivity contribution >= 4 is 0 Å². The number of aryl methyl sites for hydroxylation is 1. The lowest BCUT2D eigenvalue weighted by Gasteiger charge is -2.29. The molecule has 19 heavy (non-hydrogen) atoms. The fourth-order valence-corrected chi connectivity index (χ4v) is 1.61. The van der Waals surface area contributed by atoms with Crippen molar-refractivity contribution in [2.24, 2.45) is 0 Å². The van der Waals surface area contributed by atoms with Gasteiger partial charge in [-0.3, -0.25) is 4.98 Å². The van der Waals surface area contributed by atoms with Crippen molar-refractivity contribution in [1.82, 2.24) is 10.3 Å². The number of pyridine rings is 1. The van der Waals surface area contributed by atoms with Gasteiger partial charge in [0.2, 0.25) is 0 Å². The molecule has 1 rings (SSSR count). The van der Waals surface area contributed by atoms with E-state index in [0.29, 0.717) is 16.8 Å². The van der Waals surface area contributed by atoms with Crippen LogP contribution < -0.4 is 5.32 Å². The highest BCUT2D eigenvalue weighted by Gasteiger charge is 2.28. The fraction of sp³-hybridized carbons (Fsp3) is 0.583. The monoisotopic (exact) mass is 272 g/mol. The van der Waals surface area contributed by atoms with E-state index in [0.717, 1.165) is 0 Å². The van der Waals surface area contributed by atoms with Gasteiger partial charge < -0.3 is 30.8 Å². The van der Waals surface area contributed by atoms with Crippen molar-refractivity contribution in [3.63, 3.8) is 0 Å². The summed E-state index contributed by atoms with van der Waals surface area (Å²) in [7, 11) is 0. The number of rotatable bonds is 7. The molecule has 7 nitrogen and oxygen atoms in total. The molecule has 1 heterocycles. The molecule has 0 saturated heterocycles. The standard InChI is InChI=1S/C12H20N2O5/c1-8-11(19)10(9(4-15)2-13-8)3-14-12(5-16,6-17)7-18/h2,14-19H,3-7H2,1H3. The van der Waals surface area contributed by atoms with E-state index < -0.39 is 25.4 Å². The predicted octanol–water partition coefficient (Wildman–Crippen LogP) is -1.61. The second-order valence-electron chi connectivity index (χ2n) is 4.46. The van der Waals surface area contributed by atoms with Gasteiger partial charge in [0.15, 0.2) is 0 Å². The van der Waals surface area contributed by atoms with Crippen LogP contribution in [-0.2, 0) is 13.2 Å². The van der Waals surface area contributed by atoms with E-state index >= 15 is 0 Å². The average molecular weight is 272 g/mol. The van der Waals surface area contributed by atoms with Gasteiger partial charge in [-0.05, 0) is 6.92 Å². The maximum absolute atomic E-state index is 9.92. The van der Waals surface area contributed by atoms with E-state index in [4.69, 9.17) is 0 Å². The Morgan fingerprint density at radius 1 is 1.16 bits per heavy atom.